The Kier molecular flexibility index (Phi) is 4.06. The van der Waals surface area contributed by atoms with E-state index in [-0.39, 0.29) is 6.04 Å². The van der Waals surface area contributed by atoms with Crippen molar-refractivity contribution < 1.29 is 0 Å². The van der Waals surface area contributed by atoms with Gasteiger partial charge in [-0.25, -0.2) is 4.98 Å². The van der Waals surface area contributed by atoms with E-state index in [0.29, 0.717) is 16.5 Å². The van der Waals surface area contributed by atoms with E-state index in [0.717, 1.165) is 22.3 Å². The maximum Gasteiger partial charge on any atom is 0.0890 e. The fourth-order valence-electron chi connectivity index (χ4n) is 2.20. The lowest BCUT2D eigenvalue weighted by atomic mass is 10.0. The monoisotopic (exact) mass is 317 g/mol. The van der Waals surface area contributed by atoms with E-state index in [1.165, 1.54) is 0 Å². The van der Waals surface area contributed by atoms with Crippen molar-refractivity contribution in [1.29, 1.82) is 0 Å². The third-order valence-corrected chi connectivity index (χ3v) is 4.18. The summed E-state index contributed by atoms with van der Waals surface area (Å²) in [5, 5.41) is 1.08. The van der Waals surface area contributed by atoms with Crippen LogP contribution in [-0.2, 0) is 6.42 Å². The lowest BCUT2D eigenvalue weighted by Gasteiger charge is -2.13. The first-order valence-corrected chi connectivity index (χ1v) is 7.31. The summed E-state index contributed by atoms with van der Waals surface area (Å²) in [5.74, 6) is 0. The Morgan fingerprint density at radius 2 is 1.76 bits per heavy atom. The standard InChI is InChI=1S/C16H13Cl2N3/c17-11-5-3-4-10(16(11)18)8-12(19)15-9-20-13-6-1-2-7-14(13)21-15/h1-7,9,12H,8,19H2. The van der Waals surface area contributed by atoms with Gasteiger partial charge in [-0.15, -0.1) is 0 Å². The summed E-state index contributed by atoms with van der Waals surface area (Å²) in [7, 11) is 0. The van der Waals surface area contributed by atoms with E-state index in [1.54, 1.807) is 12.3 Å². The fraction of sp³-hybridized carbons (Fsp3) is 0.125. The molecule has 3 nitrogen and oxygen atoms in total. The van der Waals surface area contributed by atoms with E-state index >= 15 is 0 Å². The summed E-state index contributed by atoms with van der Waals surface area (Å²) in [6.45, 7) is 0. The first-order chi connectivity index (χ1) is 10.1. The van der Waals surface area contributed by atoms with Crippen LogP contribution in [-0.4, -0.2) is 9.97 Å². The number of fused-ring (bicyclic) bond motifs is 1. The molecule has 0 radical (unpaired) electrons. The molecule has 1 unspecified atom stereocenters. The zero-order chi connectivity index (χ0) is 14.8. The number of halogens is 2. The average molecular weight is 318 g/mol. The molecule has 0 aliphatic heterocycles. The molecule has 0 saturated heterocycles. The van der Waals surface area contributed by atoms with Gasteiger partial charge in [-0.3, -0.25) is 4.98 Å². The second-order valence-corrected chi connectivity index (χ2v) is 5.59. The first kappa shape index (κ1) is 14.3. The Hall–Kier alpha value is -1.68. The molecule has 2 aromatic carbocycles. The largest absolute Gasteiger partial charge is 0.322 e. The first-order valence-electron chi connectivity index (χ1n) is 6.55. The Labute approximate surface area is 132 Å². The molecule has 3 rings (SSSR count). The van der Waals surface area contributed by atoms with Gasteiger partial charge in [0.05, 0.1) is 39.0 Å². The van der Waals surface area contributed by atoms with Crippen molar-refractivity contribution in [3.05, 3.63) is 70.0 Å². The number of aromatic nitrogens is 2. The Morgan fingerprint density at radius 3 is 2.57 bits per heavy atom. The summed E-state index contributed by atoms with van der Waals surface area (Å²) in [5.41, 5.74) is 9.57. The van der Waals surface area contributed by atoms with E-state index in [1.807, 2.05) is 36.4 Å². The van der Waals surface area contributed by atoms with Gasteiger partial charge in [-0.1, -0.05) is 47.5 Å². The minimum atomic E-state index is -0.280. The van der Waals surface area contributed by atoms with Crippen LogP contribution in [0, 0.1) is 0 Å². The minimum Gasteiger partial charge on any atom is -0.322 e. The Bertz CT molecular complexity index is 789. The predicted octanol–water partition coefficient (Wildman–Crippen LogP) is 4.18. The predicted molar refractivity (Wildman–Crippen MR) is 86.6 cm³/mol. The second kappa shape index (κ2) is 5.98. The van der Waals surface area contributed by atoms with Gasteiger partial charge in [0.2, 0.25) is 0 Å². The van der Waals surface area contributed by atoms with Crippen LogP contribution in [0.25, 0.3) is 11.0 Å². The number of rotatable bonds is 3. The number of hydrogen-bond donors (Lipinski definition) is 1. The highest BCUT2D eigenvalue weighted by molar-refractivity contribution is 6.42. The van der Waals surface area contributed by atoms with Gasteiger partial charge in [-0.2, -0.15) is 0 Å². The van der Waals surface area contributed by atoms with Gasteiger partial charge in [0, 0.05) is 0 Å². The molecular formula is C16H13Cl2N3. The lowest BCUT2D eigenvalue weighted by molar-refractivity contribution is 0.696. The molecule has 1 atom stereocenters. The van der Waals surface area contributed by atoms with Crippen LogP contribution in [0.1, 0.15) is 17.3 Å². The average Bonchev–Trinajstić information content (AvgIpc) is 2.51. The molecule has 1 heterocycles. The third kappa shape index (κ3) is 3.00. The molecule has 0 aliphatic rings. The van der Waals surface area contributed by atoms with Crippen molar-refractivity contribution in [2.24, 2.45) is 5.73 Å². The SMILES string of the molecule is NC(Cc1cccc(Cl)c1Cl)c1cnc2ccccc2n1. The number of benzene rings is 2. The van der Waals surface area contributed by atoms with Crippen LogP contribution < -0.4 is 5.73 Å². The maximum absolute atomic E-state index is 6.23. The molecule has 0 spiro atoms. The van der Waals surface area contributed by atoms with E-state index < -0.39 is 0 Å². The summed E-state index contributed by atoms with van der Waals surface area (Å²) in [4.78, 5) is 8.94. The molecule has 106 valence electrons. The van der Waals surface area contributed by atoms with Gasteiger partial charge < -0.3 is 5.73 Å². The molecule has 2 N–H and O–H groups in total. The smallest absolute Gasteiger partial charge is 0.0890 e. The fourth-order valence-corrected chi connectivity index (χ4v) is 2.60. The molecule has 21 heavy (non-hydrogen) atoms. The van der Waals surface area contributed by atoms with Crippen LogP contribution in [0.15, 0.2) is 48.7 Å². The zero-order valence-electron chi connectivity index (χ0n) is 11.1. The summed E-state index contributed by atoms with van der Waals surface area (Å²) >= 11 is 12.2. The summed E-state index contributed by atoms with van der Waals surface area (Å²) in [6, 6.07) is 13.0. The highest BCUT2D eigenvalue weighted by Crippen LogP contribution is 2.28. The Morgan fingerprint density at radius 1 is 1.00 bits per heavy atom. The highest BCUT2D eigenvalue weighted by Gasteiger charge is 2.13. The van der Waals surface area contributed by atoms with Crippen molar-refractivity contribution in [2.75, 3.05) is 0 Å². The number of hydrogen-bond acceptors (Lipinski definition) is 3. The Balaban J connectivity index is 1.89. The molecule has 0 amide bonds. The van der Waals surface area contributed by atoms with E-state index in [4.69, 9.17) is 28.9 Å². The molecular weight excluding hydrogens is 305 g/mol. The van der Waals surface area contributed by atoms with Crippen LogP contribution in [0.2, 0.25) is 10.0 Å². The van der Waals surface area contributed by atoms with Gasteiger partial charge in [0.1, 0.15) is 0 Å². The van der Waals surface area contributed by atoms with Crippen molar-refractivity contribution >= 4 is 34.2 Å². The lowest BCUT2D eigenvalue weighted by Crippen LogP contribution is -2.15. The zero-order valence-corrected chi connectivity index (χ0v) is 12.6. The molecule has 5 heteroatoms. The molecule has 1 aromatic heterocycles. The van der Waals surface area contributed by atoms with Crippen LogP contribution in [0.3, 0.4) is 0 Å². The number of para-hydroxylation sites is 2. The highest BCUT2D eigenvalue weighted by atomic mass is 35.5. The number of nitrogens with two attached hydrogens (primary N) is 1. The molecule has 0 saturated carbocycles. The molecule has 0 fully saturated rings. The number of nitrogens with zero attached hydrogens (tertiary/aromatic N) is 2. The normalized spacial score (nSPS) is 12.5. The minimum absolute atomic E-state index is 0.280. The maximum atomic E-state index is 6.23. The van der Waals surface area contributed by atoms with Crippen LogP contribution >= 0.6 is 23.2 Å². The van der Waals surface area contributed by atoms with Crippen molar-refractivity contribution in [3.8, 4) is 0 Å². The van der Waals surface area contributed by atoms with E-state index in [9.17, 15) is 0 Å². The molecule has 0 aliphatic carbocycles. The summed E-state index contributed by atoms with van der Waals surface area (Å²) in [6.07, 6.45) is 2.28. The van der Waals surface area contributed by atoms with Gasteiger partial charge in [0.15, 0.2) is 0 Å². The van der Waals surface area contributed by atoms with Crippen molar-refractivity contribution in [2.45, 2.75) is 12.5 Å². The van der Waals surface area contributed by atoms with Crippen LogP contribution in [0.5, 0.6) is 0 Å². The molecule has 3 aromatic rings. The topological polar surface area (TPSA) is 51.8 Å². The van der Waals surface area contributed by atoms with E-state index in [2.05, 4.69) is 9.97 Å². The van der Waals surface area contributed by atoms with Gasteiger partial charge >= 0.3 is 0 Å². The van der Waals surface area contributed by atoms with Crippen LogP contribution in [0.4, 0.5) is 0 Å². The van der Waals surface area contributed by atoms with Crippen molar-refractivity contribution in [1.82, 2.24) is 9.97 Å². The second-order valence-electron chi connectivity index (χ2n) is 4.81. The third-order valence-electron chi connectivity index (χ3n) is 3.32. The van der Waals surface area contributed by atoms with Gasteiger partial charge in [-0.05, 0) is 30.2 Å². The molecule has 0 bridgehead atoms. The van der Waals surface area contributed by atoms with Crippen molar-refractivity contribution in [3.63, 3.8) is 0 Å². The van der Waals surface area contributed by atoms with Gasteiger partial charge in [0.25, 0.3) is 0 Å². The quantitative estimate of drug-likeness (QED) is 0.788. The summed E-state index contributed by atoms with van der Waals surface area (Å²) < 4.78 is 0.